The van der Waals surface area contributed by atoms with Crippen LogP contribution in [0.3, 0.4) is 0 Å². The molecule has 118 valence electrons. The van der Waals surface area contributed by atoms with Crippen LogP contribution in [-0.4, -0.2) is 72.4 Å². The molecule has 20 heavy (non-hydrogen) atoms. The number of nitrogens with one attached hydrogen (secondary N) is 1. The number of aliphatic hydroxyl groups excluding tert-OH is 1. The number of rotatable bonds is 7. The molecule has 2 rings (SSSR count). The molecule has 1 saturated heterocycles. The van der Waals surface area contributed by atoms with Crippen LogP contribution >= 0.6 is 0 Å². The van der Waals surface area contributed by atoms with Crippen LogP contribution in [0.5, 0.6) is 0 Å². The minimum atomic E-state index is -0.125. The Kier molecular flexibility index (Phi) is 5.11. The lowest BCUT2D eigenvalue weighted by Crippen LogP contribution is -2.51. The van der Waals surface area contributed by atoms with Crippen LogP contribution < -0.4 is 5.32 Å². The molecule has 0 aromatic rings. The van der Waals surface area contributed by atoms with Crippen molar-refractivity contribution in [2.24, 2.45) is 5.92 Å². The first-order chi connectivity index (χ1) is 9.34. The number of aliphatic hydroxyl groups is 1. The molecule has 0 amide bonds. The highest BCUT2D eigenvalue weighted by Gasteiger charge is 2.38. The minimum Gasteiger partial charge on any atom is -0.394 e. The van der Waals surface area contributed by atoms with Crippen LogP contribution in [-0.2, 0) is 0 Å². The summed E-state index contributed by atoms with van der Waals surface area (Å²) in [7, 11) is 4.36. The zero-order chi connectivity index (χ0) is 14.9. The zero-order valence-corrected chi connectivity index (χ0v) is 13.9. The summed E-state index contributed by atoms with van der Waals surface area (Å²) in [6.07, 6.45) is 3.56. The van der Waals surface area contributed by atoms with E-state index in [1.54, 1.807) is 0 Å². The van der Waals surface area contributed by atoms with E-state index in [2.05, 4.69) is 50.0 Å². The Morgan fingerprint density at radius 1 is 1.35 bits per heavy atom. The van der Waals surface area contributed by atoms with Gasteiger partial charge < -0.3 is 15.3 Å². The van der Waals surface area contributed by atoms with Crippen LogP contribution in [0.2, 0.25) is 0 Å². The molecule has 1 saturated carbocycles. The first kappa shape index (κ1) is 16.2. The van der Waals surface area contributed by atoms with Crippen LogP contribution in [0.15, 0.2) is 0 Å². The second-order valence-corrected chi connectivity index (χ2v) is 7.65. The summed E-state index contributed by atoms with van der Waals surface area (Å²) in [5, 5.41) is 13.4. The normalized spacial score (nSPS) is 32.5. The third kappa shape index (κ3) is 3.94. The molecule has 0 spiro atoms. The van der Waals surface area contributed by atoms with E-state index in [0.29, 0.717) is 18.1 Å². The smallest absolute Gasteiger partial charge is 0.0611 e. The Morgan fingerprint density at radius 3 is 2.45 bits per heavy atom. The predicted molar refractivity (Wildman–Crippen MR) is 83.9 cm³/mol. The monoisotopic (exact) mass is 283 g/mol. The Hall–Kier alpha value is -0.160. The van der Waals surface area contributed by atoms with E-state index in [0.717, 1.165) is 18.9 Å². The molecule has 0 bridgehead atoms. The van der Waals surface area contributed by atoms with Gasteiger partial charge in [-0.15, -0.1) is 0 Å². The summed E-state index contributed by atoms with van der Waals surface area (Å²) in [6.45, 7) is 9.40. The average Bonchev–Trinajstić information content (AvgIpc) is 3.08. The quantitative estimate of drug-likeness (QED) is 0.735. The number of likely N-dealkylation sites (N-methyl/N-ethyl adjacent to an activating group) is 1. The van der Waals surface area contributed by atoms with Gasteiger partial charge in [0.15, 0.2) is 0 Å². The van der Waals surface area contributed by atoms with Crippen LogP contribution in [0, 0.1) is 5.92 Å². The third-order valence-corrected chi connectivity index (χ3v) is 5.11. The second kappa shape index (κ2) is 6.30. The summed E-state index contributed by atoms with van der Waals surface area (Å²) < 4.78 is 0. The molecule has 1 aliphatic heterocycles. The molecule has 4 heteroatoms. The SMILES string of the molecule is CC1CN(C(C)CC(C)(CO)NC2CC2)CC1N(C)C. The van der Waals surface area contributed by atoms with Gasteiger partial charge in [-0.25, -0.2) is 0 Å². The molecule has 4 unspecified atom stereocenters. The van der Waals surface area contributed by atoms with Crippen molar-refractivity contribution >= 4 is 0 Å². The summed E-state index contributed by atoms with van der Waals surface area (Å²) in [4.78, 5) is 4.95. The third-order valence-electron chi connectivity index (χ3n) is 5.11. The van der Waals surface area contributed by atoms with E-state index in [1.165, 1.54) is 19.4 Å². The van der Waals surface area contributed by atoms with Crippen LogP contribution in [0.25, 0.3) is 0 Å². The Bertz CT molecular complexity index is 319. The van der Waals surface area contributed by atoms with Gasteiger partial charge in [-0.3, -0.25) is 4.90 Å². The number of likely N-dealkylation sites (tertiary alicyclic amines) is 1. The Morgan fingerprint density at radius 2 is 2.00 bits per heavy atom. The lowest BCUT2D eigenvalue weighted by atomic mass is 9.93. The van der Waals surface area contributed by atoms with Crippen molar-refractivity contribution in [2.45, 2.75) is 63.7 Å². The van der Waals surface area contributed by atoms with Crippen molar-refractivity contribution in [1.29, 1.82) is 0 Å². The van der Waals surface area contributed by atoms with Crippen molar-refractivity contribution in [3.63, 3.8) is 0 Å². The molecular weight excluding hydrogens is 250 g/mol. The van der Waals surface area contributed by atoms with Crippen LogP contribution in [0.1, 0.15) is 40.0 Å². The molecule has 2 aliphatic rings. The highest BCUT2D eigenvalue weighted by atomic mass is 16.3. The summed E-state index contributed by atoms with van der Waals surface area (Å²) in [5.41, 5.74) is -0.125. The van der Waals surface area contributed by atoms with Crippen molar-refractivity contribution in [2.75, 3.05) is 33.8 Å². The molecule has 2 N–H and O–H groups in total. The number of hydrogen-bond acceptors (Lipinski definition) is 4. The Labute approximate surface area is 124 Å². The maximum Gasteiger partial charge on any atom is 0.0611 e. The van der Waals surface area contributed by atoms with E-state index in [-0.39, 0.29) is 12.1 Å². The molecule has 0 aromatic heterocycles. The highest BCUT2D eigenvalue weighted by molar-refractivity contribution is 4.96. The molecule has 0 aromatic carbocycles. The first-order valence-corrected chi connectivity index (χ1v) is 8.13. The molecule has 4 atom stereocenters. The highest BCUT2D eigenvalue weighted by Crippen LogP contribution is 2.28. The largest absolute Gasteiger partial charge is 0.394 e. The molecule has 1 aliphatic carbocycles. The van der Waals surface area contributed by atoms with Gasteiger partial charge in [-0.2, -0.15) is 0 Å². The fourth-order valence-electron chi connectivity index (χ4n) is 3.69. The number of hydrogen-bond donors (Lipinski definition) is 2. The van der Waals surface area contributed by atoms with Crippen molar-refractivity contribution in [1.82, 2.24) is 15.1 Å². The minimum absolute atomic E-state index is 0.125. The van der Waals surface area contributed by atoms with Gasteiger partial charge in [0, 0.05) is 36.8 Å². The Balaban J connectivity index is 1.89. The van der Waals surface area contributed by atoms with E-state index in [9.17, 15) is 5.11 Å². The van der Waals surface area contributed by atoms with Crippen LogP contribution in [0.4, 0.5) is 0 Å². The maximum atomic E-state index is 9.76. The van der Waals surface area contributed by atoms with E-state index in [4.69, 9.17) is 0 Å². The second-order valence-electron chi connectivity index (χ2n) is 7.65. The number of nitrogens with zero attached hydrogens (tertiary/aromatic N) is 2. The van der Waals surface area contributed by atoms with E-state index >= 15 is 0 Å². The van der Waals surface area contributed by atoms with Gasteiger partial charge in [0.1, 0.15) is 0 Å². The van der Waals surface area contributed by atoms with Gasteiger partial charge in [-0.05, 0) is 53.1 Å². The molecular formula is C16H33N3O. The van der Waals surface area contributed by atoms with E-state index in [1.807, 2.05) is 0 Å². The standard InChI is InChI=1S/C16H33N3O/c1-12-9-19(10-15(12)18(4)5)13(2)8-16(3,11-20)17-14-6-7-14/h12-15,17,20H,6-11H2,1-5H3. The van der Waals surface area contributed by atoms with Crippen molar-refractivity contribution in [3.05, 3.63) is 0 Å². The fraction of sp³-hybridized carbons (Fsp3) is 1.00. The lowest BCUT2D eigenvalue weighted by molar-refractivity contribution is 0.120. The van der Waals surface area contributed by atoms with Crippen molar-refractivity contribution < 1.29 is 5.11 Å². The molecule has 2 fully saturated rings. The lowest BCUT2D eigenvalue weighted by Gasteiger charge is -2.35. The topological polar surface area (TPSA) is 38.7 Å². The summed E-state index contributed by atoms with van der Waals surface area (Å²) in [5.74, 6) is 0.726. The molecule has 1 heterocycles. The molecule has 0 radical (unpaired) electrons. The van der Waals surface area contributed by atoms with Crippen molar-refractivity contribution in [3.8, 4) is 0 Å². The van der Waals surface area contributed by atoms with E-state index < -0.39 is 0 Å². The fourth-order valence-corrected chi connectivity index (χ4v) is 3.69. The van der Waals surface area contributed by atoms with Gasteiger partial charge in [-0.1, -0.05) is 6.92 Å². The van der Waals surface area contributed by atoms with Gasteiger partial charge in [0.2, 0.25) is 0 Å². The maximum absolute atomic E-state index is 9.76. The molecule has 4 nitrogen and oxygen atoms in total. The zero-order valence-electron chi connectivity index (χ0n) is 13.9. The van der Waals surface area contributed by atoms with Gasteiger partial charge in [0.05, 0.1) is 6.61 Å². The summed E-state index contributed by atoms with van der Waals surface area (Å²) >= 11 is 0. The predicted octanol–water partition coefficient (Wildman–Crippen LogP) is 1.15. The average molecular weight is 283 g/mol. The van der Waals surface area contributed by atoms with Gasteiger partial charge >= 0.3 is 0 Å². The van der Waals surface area contributed by atoms with Gasteiger partial charge in [0.25, 0.3) is 0 Å². The summed E-state index contributed by atoms with van der Waals surface area (Å²) in [6, 6.07) is 1.83. The first-order valence-electron chi connectivity index (χ1n) is 8.13.